The number of benzene rings is 1. The van der Waals surface area contributed by atoms with E-state index in [1.165, 1.54) is 0 Å². The number of amides is 1. The van der Waals surface area contributed by atoms with Crippen LogP contribution in [0.5, 0.6) is 0 Å². The summed E-state index contributed by atoms with van der Waals surface area (Å²) >= 11 is 0. The third-order valence-electron chi connectivity index (χ3n) is 3.08. The highest BCUT2D eigenvalue weighted by Crippen LogP contribution is 2.12. The van der Waals surface area contributed by atoms with E-state index in [1.807, 2.05) is 30.3 Å². The summed E-state index contributed by atoms with van der Waals surface area (Å²) in [5.74, 6) is 0.378. The van der Waals surface area contributed by atoms with Gasteiger partial charge in [0.1, 0.15) is 0 Å². The van der Waals surface area contributed by atoms with E-state index < -0.39 is 0 Å². The minimum Gasteiger partial charge on any atom is -0.352 e. The van der Waals surface area contributed by atoms with Crippen molar-refractivity contribution in [3.8, 4) is 0 Å². The van der Waals surface area contributed by atoms with Gasteiger partial charge < -0.3 is 5.32 Å². The first-order chi connectivity index (χ1) is 8.27. The van der Waals surface area contributed by atoms with Gasteiger partial charge in [0.2, 0.25) is 5.91 Å². The lowest BCUT2D eigenvalue weighted by atomic mass is 9.98. The van der Waals surface area contributed by atoms with Crippen molar-refractivity contribution in [2.24, 2.45) is 5.92 Å². The first-order valence-electron chi connectivity index (χ1n) is 6.59. The van der Waals surface area contributed by atoms with E-state index in [2.05, 4.69) is 19.2 Å². The average Bonchev–Trinajstić information content (AvgIpc) is 2.38. The molecule has 0 radical (unpaired) electrons. The number of unbranched alkanes of at least 4 members (excludes halogenated alkanes) is 1. The lowest BCUT2D eigenvalue weighted by molar-refractivity contribution is -0.125. The molecular weight excluding hydrogens is 210 g/mol. The van der Waals surface area contributed by atoms with E-state index in [4.69, 9.17) is 0 Å². The zero-order valence-corrected chi connectivity index (χ0v) is 10.9. The number of hydrogen-bond donors (Lipinski definition) is 1. The van der Waals surface area contributed by atoms with E-state index in [9.17, 15) is 4.79 Å². The molecule has 0 saturated carbocycles. The monoisotopic (exact) mass is 233 g/mol. The molecule has 1 amide bonds. The van der Waals surface area contributed by atoms with Crippen LogP contribution < -0.4 is 5.32 Å². The van der Waals surface area contributed by atoms with Crippen molar-refractivity contribution in [3.63, 3.8) is 0 Å². The van der Waals surface area contributed by atoms with Crippen LogP contribution in [0.2, 0.25) is 0 Å². The molecule has 1 aromatic rings. The molecule has 0 fully saturated rings. The van der Waals surface area contributed by atoms with Crippen LogP contribution in [-0.2, 0) is 11.3 Å². The summed E-state index contributed by atoms with van der Waals surface area (Å²) in [6.07, 6.45) is 4.23. The Kier molecular flexibility index (Phi) is 6.38. The normalized spacial score (nSPS) is 12.1. The van der Waals surface area contributed by atoms with Crippen molar-refractivity contribution in [3.05, 3.63) is 35.9 Å². The lowest BCUT2D eigenvalue weighted by Crippen LogP contribution is -2.29. The Morgan fingerprint density at radius 2 is 1.94 bits per heavy atom. The van der Waals surface area contributed by atoms with Gasteiger partial charge in [0.25, 0.3) is 0 Å². The Balaban J connectivity index is 2.37. The maximum absolute atomic E-state index is 11.9. The molecule has 2 heteroatoms. The molecule has 0 bridgehead atoms. The lowest BCUT2D eigenvalue weighted by Gasteiger charge is -2.14. The number of hydrogen-bond acceptors (Lipinski definition) is 1. The summed E-state index contributed by atoms with van der Waals surface area (Å²) in [7, 11) is 0. The molecule has 0 aliphatic heterocycles. The fourth-order valence-corrected chi connectivity index (χ4v) is 1.90. The van der Waals surface area contributed by atoms with E-state index in [-0.39, 0.29) is 11.8 Å². The summed E-state index contributed by atoms with van der Waals surface area (Å²) in [6.45, 7) is 4.89. The Bertz CT molecular complexity index is 321. The standard InChI is InChI=1S/C15H23NO/c1-3-5-11-14(4-2)15(17)16-12-13-9-7-6-8-10-13/h6-10,14H,3-5,11-12H2,1-2H3,(H,16,17)/t14-/m0/s1. The maximum atomic E-state index is 11.9. The van der Waals surface area contributed by atoms with E-state index in [0.717, 1.165) is 31.2 Å². The molecule has 94 valence electrons. The van der Waals surface area contributed by atoms with Gasteiger partial charge in [-0.1, -0.05) is 57.0 Å². The van der Waals surface area contributed by atoms with Crippen LogP contribution in [0.3, 0.4) is 0 Å². The summed E-state index contributed by atoms with van der Waals surface area (Å²) < 4.78 is 0. The van der Waals surface area contributed by atoms with Crippen LogP contribution in [-0.4, -0.2) is 5.91 Å². The molecule has 2 nitrogen and oxygen atoms in total. The molecule has 0 unspecified atom stereocenters. The third kappa shape index (κ3) is 5.03. The van der Waals surface area contributed by atoms with E-state index in [1.54, 1.807) is 0 Å². The Morgan fingerprint density at radius 1 is 1.24 bits per heavy atom. The van der Waals surface area contributed by atoms with Gasteiger partial charge >= 0.3 is 0 Å². The molecule has 17 heavy (non-hydrogen) atoms. The number of nitrogens with one attached hydrogen (secondary N) is 1. The highest BCUT2D eigenvalue weighted by atomic mass is 16.1. The minimum absolute atomic E-state index is 0.179. The predicted molar refractivity (Wildman–Crippen MR) is 71.6 cm³/mol. The number of carbonyl (C=O) groups excluding carboxylic acids is 1. The van der Waals surface area contributed by atoms with E-state index >= 15 is 0 Å². The molecule has 0 aromatic heterocycles. The first-order valence-corrected chi connectivity index (χ1v) is 6.59. The Labute approximate surface area is 104 Å². The van der Waals surface area contributed by atoms with Crippen LogP contribution >= 0.6 is 0 Å². The van der Waals surface area contributed by atoms with Crippen LogP contribution in [0.4, 0.5) is 0 Å². The van der Waals surface area contributed by atoms with Crippen LogP contribution in [0.15, 0.2) is 30.3 Å². The molecule has 0 aliphatic carbocycles. The van der Waals surface area contributed by atoms with Crippen molar-refractivity contribution in [2.75, 3.05) is 0 Å². The second kappa shape index (κ2) is 7.88. The molecule has 0 saturated heterocycles. The van der Waals surface area contributed by atoms with Crippen LogP contribution in [0.25, 0.3) is 0 Å². The van der Waals surface area contributed by atoms with Crippen molar-refractivity contribution in [1.82, 2.24) is 5.32 Å². The number of carbonyl (C=O) groups is 1. The van der Waals surface area contributed by atoms with Crippen molar-refractivity contribution in [1.29, 1.82) is 0 Å². The van der Waals surface area contributed by atoms with Gasteiger partial charge in [0.15, 0.2) is 0 Å². The summed E-state index contributed by atoms with van der Waals surface area (Å²) in [5.41, 5.74) is 1.16. The zero-order chi connectivity index (χ0) is 12.5. The molecule has 1 rings (SSSR count). The minimum atomic E-state index is 0.179. The molecule has 0 spiro atoms. The van der Waals surface area contributed by atoms with Crippen LogP contribution in [0, 0.1) is 5.92 Å². The topological polar surface area (TPSA) is 29.1 Å². The zero-order valence-electron chi connectivity index (χ0n) is 10.9. The smallest absolute Gasteiger partial charge is 0.223 e. The second-order valence-electron chi connectivity index (χ2n) is 4.45. The summed E-state index contributed by atoms with van der Waals surface area (Å²) in [6, 6.07) is 10.0. The Morgan fingerprint density at radius 3 is 2.53 bits per heavy atom. The quantitative estimate of drug-likeness (QED) is 0.767. The molecule has 1 atom stereocenters. The summed E-state index contributed by atoms with van der Waals surface area (Å²) in [5, 5.41) is 3.02. The van der Waals surface area contributed by atoms with E-state index in [0.29, 0.717) is 6.54 Å². The van der Waals surface area contributed by atoms with Crippen LogP contribution in [0.1, 0.15) is 45.1 Å². The SMILES string of the molecule is CCCC[C@H](CC)C(=O)NCc1ccccc1. The summed E-state index contributed by atoms with van der Waals surface area (Å²) in [4.78, 5) is 11.9. The predicted octanol–water partition coefficient (Wildman–Crippen LogP) is 3.52. The van der Waals surface area contributed by atoms with Crippen molar-refractivity contribution in [2.45, 2.75) is 46.1 Å². The van der Waals surface area contributed by atoms with Gasteiger partial charge in [-0.05, 0) is 18.4 Å². The van der Waals surface area contributed by atoms with Gasteiger partial charge in [0, 0.05) is 12.5 Å². The highest BCUT2D eigenvalue weighted by Gasteiger charge is 2.14. The van der Waals surface area contributed by atoms with Gasteiger partial charge in [-0.15, -0.1) is 0 Å². The molecule has 1 aromatic carbocycles. The number of rotatable bonds is 7. The average molecular weight is 233 g/mol. The second-order valence-corrected chi connectivity index (χ2v) is 4.45. The van der Waals surface area contributed by atoms with Gasteiger partial charge in [0.05, 0.1) is 0 Å². The van der Waals surface area contributed by atoms with Crippen molar-refractivity contribution >= 4 is 5.91 Å². The molecule has 1 N–H and O–H groups in total. The molecular formula is C15H23NO. The fraction of sp³-hybridized carbons (Fsp3) is 0.533. The first kappa shape index (κ1) is 13.8. The fourth-order valence-electron chi connectivity index (χ4n) is 1.90. The van der Waals surface area contributed by atoms with Crippen molar-refractivity contribution < 1.29 is 4.79 Å². The molecule has 0 aliphatic rings. The third-order valence-corrected chi connectivity index (χ3v) is 3.08. The maximum Gasteiger partial charge on any atom is 0.223 e. The van der Waals surface area contributed by atoms with Gasteiger partial charge in [-0.3, -0.25) is 4.79 Å². The highest BCUT2D eigenvalue weighted by molar-refractivity contribution is 5.78. The van der Waals surface area contributed by atoms with Gasteiger partial charge in [-0.2, -0.15) is 0 Å². The molecule has 0 heterocycles. The largest absolute Gasteiger partial charge is 0.352 e. The van der Waals surface area contributed by atoms with Gasteiger partial charge in [-0.25, -0.2) is 0 Å². The Hall–Kier alpha value is -1.31.